The van der Waals surface area contributed by atoms with E-state index in [1.807, 2.05) is 6.07 Å². The molecule has 0 saturated heterocycles. The Labute approximate surface area is 160 Å². The second kappa shape index (κ2) is 8.10. The van der Waals surface area contributed by atoms with Crippen LogP contribution in [0.3, 0.4) is 0 Å². The third-order valence-electron chi connectivity index (χ3n) is 4.19. The predicted octanol–water partition coefficient (Wildman–Crippen LogP) is 6.58. The van der Waals surface area contributed by atoms with Gasteiger partial charge >= 0.3 is 0 Å². The maximum Gasteiger partial charge on any atom is 0.192 e. The van der Waals surface area contributed by atoms with Gasteiger partial charge in [-0.05, 0) is 78.4 Å². The molecule has 0 aromatic carbocycles. The average Bonchev–Trinajstić information content (AvgIpc) is 2.38. The molecule has 0 amide bonds. The van der Waals surface area contributed by atoms with Gasteiger partial charge in [-0.2, -0.15) is 0 Å². The molecule has 1 aromatic rings. The van der Waals surface area contributed by atoms with Crippen molar-refractivity contribution >= 4 is 61.8 Å². The number of halogens is 3. The fourth-order valence-corrected chi connectivity index (χ4v) is 3.86. The number of hydrogen-bond acceptors (Lipinski definition) is 3. The van der Waals surface area contributed by atoms with Crippen LogP contribution in [0.5, 0.6) is 0 Å². The van der Waals surface area contributed by atoms with Gasteiger partial charge in [0.05, 0.1) is 16.8 Å². The lowest BCUT2D eigenvalue weighted by Crippen LogP contribution is -2.43. The first-order valence-corrected chi connectivity index (χ1v) is 12.7. The number of hydrogen-bond donors (Lipinski definition) is 1. The Morgan fingerprint density at radius 2 is 1.82 bits per heavy atom. The molecule has 1 heterocycles. The molecule has 126 valence electrons. The highest BCUT2D eigenvalue weighted by atomic mass is 79.9. The van der Waals surface area contributed by atoms with E-state index in [2.05, 4.69) is 98.9 Å². The molecule has 0 spiro atoms. The first-order chi connectivity index (χ1) is 9.98. The van der Waals surface area contributed by atoms with Crippen LogP contribution in [-0.4, -0.2) is 26.0 Å². The van der Waals surface area contributed by atoms with E-state index in [-0.39, 0.29) is 11.1 Å². The lowest BCUT2D eigenvalue weighted by atomic mass is 10.2. The van der Waals surface area contributed by atoms with E-state index >= 15 is 0 Å². The van der Waals surface area contributed by atoms with Crippen molar-refractivity contribution in [2.75, 3.05) is 11.9 Å². The monoisotopic (exact) mass is 514 g/mol. The molecule has 0 fully saturated rings. The van der Waals surface area contributed by atoms with Crippen LogP contribution in [0.1, 0.15) is 34.1 Å². The van der Waals surface area contributed by atoms with Crippen molar-refractivity contribution in [3.8, 4) is 0 Å². The van der Waals surface area contributed by atoms with Crippen LogP contribution in [-0.2, 0) is 4.43 Å². The minimum Gasteiger partial charge on any atom is -0.415 e. The lowest BCUT2D eigenvalue weighted by molar-refractivity contribution is 0.268. The highest BCUT2D eigenvalue weighted by Gasteiger charge is 2.37. The van der Waals surface area contributed by atoms with Crippen molar-refractivity contribution in [2.24, 2.45) is 0 Å². The third kappa shape index (κ3) is 5.58. The zero-order valence-electron chi connectivity index (χ0n) is 14.1. The van der Waals surface area contributed by atoms with Gasteiger partial charge in [0.15, 0.2) is 8.32 Å². The van der Waals surface area contributed by atoms with E-state index in [4.69, 9.17) is 4.43 Å². The first-order valence-electron chi connectivity index (χ1n) is 7.40. The second-order valence-electron chi connectivity index (χ2n) is 6.92. The molecule has 1 atom stereocenters. The van der Waals surface area contributed by atoms with Gasteiger partial charge in [0, 0.05) is 6.04 Å². The summed E-state index contributed by atoms with van der Waals surface area (Å²) in [6, 6.07) is 2.29. The van der Waals surface area contributed by atoms with Gasteiger partial charge in [-0.25, -0.2) is 4.98 Å². The minimum absolute atomic E-state index is 0.230. The van der Waals surface area contributed by atoms with E-state index in [1.165, 1.54) is 0 Å². The summed E-state index contributed by atoms with van der Waals surface area (Å²) in [5.41, 5.74) is 0.973. The zero-order valence-corrected chi connectivity index (χ0v) is 19.8. The summed E-state index contributed by atoms with van der Waals surface area (Å²) in [4.78, 5) is 4.40. The van der Waals surface area contributed by atoms with Crippen LogP contribution in [0.25, 0.3) is 0 Å². The third-order valence-corrected chi connectivity index (χ3v) is 11.0. The minimum atomic E-state index is -1.72. The van der Waals surface area contributed by atoms with Gasteiger partial charge in [-0.1, -0.05) is 27.7 Å². The molecule has 22 heavy (non-hydrogen) atoms. The quantitative estimate of drug-likeness (QED) is 0.342. The molecule has 1 rings (SSSR count). The smallest absolute Gasteiger partial charge is 0.192 e. The normalized spacial score (nSPS) is 14.0. The summed E-state index contributed by atoms with van der Waals surface area (Å²) < 4.78 is 8.85. The van der Waals surface area contributed by atoms with Gasteiger partial charge in [-0.15, -0.1) is 0 Å². The number of aromatic nitrogens is 1. The highest BCUT2D eigenvalue weighted by Crippen LogP contribution is 2.37. The van der Waals surface area contributed by atoms with Gasteiger partial charge in [-0.3, -0.25) is 0 Å². The maximum absolute atomic E-state index is 6.33. The average molecular weight is 517 g/mol. The molecule has 0 radical (unpaired) electrons. The molecule has 0 aliphatic heterocycles. The molecule has 0 saturated carbocycles. The molecule has 0 unspecified atom stereocenters. The Morgan fingerprint density at radius 3 is 2.32 bits per heavy atom. The summed E-state index contributed by atoms with van der Waals surface area (Å²) in [6.45, 7) is 14.2. The molecule has 7 heteroatoms. The van der Waals surface area contributed by atoms with Crippen LogP contribution >= 0.6 is 47.8 Å². The van der Waals surface area contributed by atoms with E-state index in [0.717, 1.165) is 25.8 Å². The van der Waals surface area contributed by atoms with Crippen molar-refractivity contribution in [3.05, 3.63) is 19.7 Å². The standard InChI is InChI=1S/C15H25Br3N2OSi/c1-7-10(9-21-22(5,6)15(2,3)4)19-12-8-11(16)13(17)20-14(12)18/h8,10,19H,7,9H2,1-6H3/t10-/m0/s1. The molecular formula is C15H25Br3N2OSi. The SMILES string of the molecule is CC[C@@H](CO[Si](C)(C)C(C)(C)C)Nc1cc(Br)c(Br)nc1Br. The van der Waals surface area contributed by atoms with E-state index in [9.17, 15) is 0 Å². The van der Waals surface area contributed by atoms with Gasteiger partial charge in [0.1, 0.15) is 9.21 Å². The van der Waals surface area contributed by atoms with Gasteiger partial charge in [0.25, 0.3) is 0 Å². The fourth-order valence-electron chi connectivity index (χ4n) is 1.55. The summed E-state index contributed by atoms with van der Waals surface area (Å²) in [6.07, 6.45) is 0.995. The molecule has 1 N–H and O–H groups in total. The van der Waals surface area contributed by atoms with E-state index in [1.54, 1.807) is 0 Å². The van der Waals surface area contributed by atoms with Crippen molar-refractivity contribution in [3.63, 3.8) is 0 Å². The Balaban J connectivity index is 2.77. The van der Waals surface area contributed by atoms with Gasteiger partial charge < -0.3 is 9.74 Å². The zero-order chi connectivity index (χ0) is 17.1. The summed E-state index contributed by atoms with van der Waals surface area (Å²) in [5, 5.41) is 3.76. The molecule has 0 bridgehead atoms. The summed E-state index contributed by atoms with van der Waals surface area (Å²) in [5.74, 6) is 0. The summed E-state index contributed by atoms with van der Waals surface area (Å²) in [7, 11) is -1.72. The Bertz CT molecular complexity index is 518. The molecule has 3 nitrogen and oxygen atoms in total. The number of nitrogens with zero attached hydrogens (tertiary/aromatic N) is 1. The number of pyridine rings is 1. The number of nitrogens with one attached hydrogen (secondary N) is 1. The number of anilines is 1. The Hall–Kier alpha value is 0.567. The molecular weight excluding hydrogens is 492 g/mol. The Morgan fingerprint density at radius 1 is 1.23 bits per heavy atom. The van der Waals surface area contributed by atoms with E-state index in [0.29, 0.717) is 6.61 Å². The van der Waals surface area contributed by atoms with Crippen LogP contribution in [0.4, 0.5) is 5.69 Å². The van der Waals surface area contributed by atoms with Gasteiger partial charge in [0.2, 0.25) is 0 Å². The maximum atomic E-state index is 6.33. The molecule has 1 aromatic heterocycles. The van der Waals surface area contributed by atoms with Crippen molar-refractivity contribution in [2.45, 2.75) is 58.3 Å². The molecule has 0 aliphatic carbocycles. The van der Waals surface area contributed by atoms with Crippen molar-refractivity contribution in [1.29, 1.82) is 0 Å². The second-order valence-corrected chi connectivity index (χ2v) is 14.1. The van der Waals surface area contributed by atoms with Crippen LogP contribution in [0.2, 0.25) is 18.1 Å². The highest BCUT2D eigenvalue weighted by molar-refractivity contribution is 9.13. The lowest BCUT2D eigenvalue weighted by Gasteiger charge is -2.37. The predicted molar refractivity (Wildman–Crippen MR) is 108 cm³/mol. The topological polar surface area (TPSA) is 34.1 Å². The van der Waals surface area contributed by atoms with E-state index < -0.39 is 8.32 Å². The van der Waals surface area contributed by atoms with Crippen molar-refractivity contribution < 1.29 is 4.43 Å². The van der Waals surface area contributed by atoms with Crippen molar-refractivity contribution in [1.82, 2.24) is 4.98 Å². The first kappa shape index (κ1) is 20.6. The van der Waals surface area contributed by atoms with Crippen LogP contribution < -0.4 is 5.32 Å². The largest absolute Gasteiger partial charge is 0.415 e. The van der Waals surface area contributed by atoms with Crippen LogP contribution in [0, 0.1) is 0 Å². The summed E-state index contributed by atoms with van der Waals surface area (Å²) >= 11 is 10.4. The Kier molecular flexibility index (Phi) is 7.59. The number of rotatable bonds is 6. The van der Waals surface area contributed by atoms with Crippen LogP contribution in [0.15, 0.2) is 19.7 Å². The fraction of sp³-hybridized carbons (Fsp3) is 0.667. The molecule has 0 aliphatic rings.